The Morgan fingerprint density at radius 3 is 2.55 bits per heavy atom. The van der Waals surface area contributed by atoms with Crippen molar-refractivity contribution in [3.05, 3.63) is 34.9 Å². The molecule has 0 unspecified atom stereocenters. The van der Waals surface area contributed by atoms with Crippen molar-refractivity contribution in [3.63, 3.8) is 0 Å². The summed E-state index contributed by atoms with van der Waals surface area (Å²) in [6.45, 7) is 4.28. The fraction of sp³-hybridized carbons (Fsp3) is 0.588. The maximum atomic E-state index is 5.89. The first-order valence-electron chi connectivity index (χ1n) is 8.05. The molecule has 122 valence electrons. The normalized spacial score (nSPS) is 17.5. The van der Waals surface area contributed by atoms with Crippen LogP contribution in [0.4, 0.5) is 0 Å². The Kier molecular flexibility index (Phi) is 7.00. The second-order valence-electron chi connectivity index (χ2n) is 6.00. The Balaban J connectivity index is 1.65. The van der Waals surface area contributed by atoms with Gasteiger partial charge in [0.15, 0.2) is 5.96 Å². The smallest absolute Gasteiger partial charge is 0.190 e. The monoisotopic (exact) mass is 322 g/mol. The van der Waals surface area contributed by atoms with E-state index in [-0.39, 0.29) is 0 Å². The summed E-state index contributed by atoms with van der Waals surface area (Å²) < 4.78 is 0. The minimum atomic E-state index is 0.756. The predicted molar refractivity (Wildman–Crippen MR) is 94.7 cm³/mol. The van der Waals surface area contributed by atoms with Gasteiger partial charge in [-0.25, -0.2) is 0 Å². The van der Waals surface area contributed by atoms with Crippen molar-refractivity contribution < 1.29 is 0 Å². The maximum Gasteiger partial charge on any atom is 0.190 e. The standard InChI is InChI=1S/C17H27ClN4/c1-19-17(21-13-15-8-11-22(2)12-9-15)20-10-7-14-3-5-16(18)6-4-14/h3-6,15H,7-13H2,1-2H3,(H2,19,20,21). The molecule has 0 bridgehead atoms. The van der Waals surface area contributed by atoms with Crippen LogP contribution in [0.3, 0.4) is 0 Å². The molecule has 2 rings (SSSR count). The number of guanidine groups is 1. The molecular weight excluding hydrogens is 296 g/mol. The van der Waals surface area contributed by atoms with Crippen LogP contribution in [0, 0.1) is 5.92 Å². The zero-order valence-electron chi connectivity index (χ0n) is 13.6. The molecule has 1 saturated heterocycles. The van der Waals surface area contributed by atoms with E-state index in [1.54, 1.807) is 0 Å². The summed E-state index contributed by atoms with van der Waals surface area (Å²) >= 11 is 5.89. The average molecular weight is 323 g/mol. The van der Waals surface area contributed by atoms with Crippen molar-refractivity contribution in [2.45, 2.75) is 19.3 Å². The van der Waals surface area contributed by atoms with Crippen molar-refractivity contribution in [1.82, 2.24) is 15.5 Å². The lowest BCUT2D eigenvalue weighted by atomic mass is 9.97. The van der Waals surface area contributed by atoms with Crippen LogP contribution < -0.4 is 10.6 Å². The van der Waals surface area contributed by atoms with Crippen LogP contribution in [0.15, 0.2) is 29.3 Å². The van der Waals surface area contributed by atoms with Crippen molar-refractivity contribution in [2.24, 2.45) is 10.9 Å². The molecule has 1 aliphatic heterocycles. The third-order valence-corrected chi connectivity index (χ3v) is 4.49. The summed E-state index contributed by atoms with van der Waals surface area (Å²) in [4.78, 5) is 6.69. The predicted octanol–water partition coefficient (Wildman–Crippen LogP) is 2.39. The van der Waals surface area contributed by atoms with Crippen molar-refractivity contribution in [2.75, 3.05) is 40.3 Å². The molecule has 4 nitrogen and oxygen atoms in total. The number of piperidine rings is 1. The highest BCUT2D eigenvalue weighted by Crippen LogP contribution is 2.14. The number of hydrogen-bond acceptors (Lipinski definition) is 2. The molecule has 0 aromatic heterocycles. The van der Waals surface area contributed by atoms with Crippen LogP contribution in [0.5, 0.6) is 0 Å². The number of benzene rings is 1. The van der Waals surface area contributed by atoms with Crippen molar-refractivity contribution >= 4 is 17.6 Å². The molecule has 0 radical (unpaired) electrons. The number of halogens is 1. The van der Waals surface area contributed by atoms with E-state index >= 15 is 0 Å². The molecule has 0 spiro atoms. The van der Waals surface area contributed by atoms with Gasteiger partial charge in [-0.05, 0) is 63.0 Å². The molecule has 0 aliphatic carbocycles. The van der Waals surface area contributed by atoms with Gasteiger partial charge < -0.3 is 15.5 Å². The van der Waals surface area contributed by atoms with E-state index in [0.717, 1.165) is 36.4 Å². The van der Waals surface area contributed by atoms with Gasteiger partial charge in [0.05, 0.1) is 0 Å². The first-order chi connectivity index (χ1) is 10.7. The first-order valence-corrected chi connectivity index (χ1v) is 8.42. The van der Waals surface area contributed by atoms with E-state index in [2.05, 4.69) is 39.7 Å². The molecule has 0 saturated carbocycles. The highest BCUT2D eigenvalue weighted by Gasteiger charge is 2.16. The third-order valence-electron chi connectivity index (χ3n) is 4.24. The van der Waals surface area contributed by atoms with Crippen molar-refractivity contribution in [1.29, 1.82) is 0 Å². The lowest BCUT2D eigenvalue weighted by molar-refractivity contribution is 0.220. The van der Waals surface area contributed by atoms with Gasteiger partial charge in [0, 0.05) is 25.2 Å². The quantitative estimate of drug-likeness (QED) is 0.646. The fourth-order valence-electron chi connectivity index (χ4n) is 2.70. The average Bonchev–Trinajstić information content (AvgIpc) is 2.54. The topological polar surface area (TPSA) is 39.7 Å². The van der Waals surface area contributed by atoms with E-state index in [1.807, 2.05) is 19.2 Å². The second kappa shape index (κ2) is 9.01. The van der Waals surface area contributed by atoms with E-state index in [0.29, 0.717) is 0 Å². The number of hydrogen-bond donors (Lipinski definition) is 2. The van der Waals surface area contributed by atoms with Crippen LogP contribution in [-0.2, 0) is 6.42 Å². The summed E-state index contributed by atoms with van der Waals surface area (Å²) in [5, 5.41) is 7.61. The number of nitrogens with one attached hydrogen (secondary N) is 2. The van der Waals surface area contributed by atoms with Crippen LogP contribution in [-0.4, -0.2) is 51.1 Å². The minimum absolute atomic E-state index is 0.756. The van der Waals surface area contributed by atoms with Crippen molar-refractivity contribution in [3.8, 4) is 0 Å². The van der Waals surface area contributed by atoms with Crippen LogP contribution in [0.2, 0.25) is 5.02 Å². The van der Waals surface area contributed by atoms with Crippen LogP contribution >= 0.6 is 11.6 Å². The zero-order chi connectivity index (χ0) is 15.8. The molecule has 2 N–H and O–H groups in total. The Bertz CT molecular complexity index is 464. The SMILES string of the molecule is CN=C(NCCc1ccc(Cl)cc1)NCC1CCN(C)CC1. The minimum Gasteiger partial charge on any atom is -0.356 e. The molecule has 0 atom stereocenters. The summed E-state index contributed by atoms with van der Waals surface area (Å²) in [6, 6.07) is 8.01. The highest BCUT2D eigenvalue weighted by atomic mass is 35.5. The number of rotatable bonds is 5. The van der Waals surface area contributed by atoms with Gasteiger partial charge in [0.2, 0.25) is 0 Å². The summed E-state index contributed by atoms with van der Waals surface area (Å²) in [7, 11) is 4.02. The molecule has 1 fully saturated rings. The Morgan fingerprint density at radius 1 is 1.23 bits per heavy atom. The molecule has 5 heteroatoms. The number of likely N-dealkylation sites (tertiary alicyclic amines) is 1. The molecule has 1 aromatic rings. The van der Waals surface area contributed by atoms with Gasteiger partial charge in [0.1, 0.15) is 0 Å². The van der Waals surface area contributed by atoms with Crippen LogP contribution in [0.1, 0.15) is 18.4 Å². The van der Waals surface area contributed by atoms with Gasteiger partial charge in [0.25, 0.3) is 0 Å². The van der Waals surface area contributed by atoms with E-state index in [1.165, 1.54) is 31.5 Å². The molecule has 22 heavy (non-hydrogen) atoms. The van der Waals surface area contributed by atoms with Gasteiger partial charge in [-0.15, -0.1) is 0 Å². The van der Waals surface area contributed by atoms with Gasteiger partial charge in [-0.2, -0.15) is 0 Å². The van der Waals surface area contributed by atoms with Crippen LogP contribution in [0.25, 0.3) is 0 Å². The number of nitrogens with zero attached hydrogens (tertiary/aromatic N) is 2. The van der Waals surface area contributed by atoms with Gasteiger partial charge in [-0.3, -0.25) is 4.99 Å². The largest absolute Gasteiger partial charge is 0.356 e. The molecule has 0 amide bonds. The molecular formula is C17H27ClN4. The molecule has 1 heterocycles. The second-order valence-corrected chi connectivity index (χ2v) is 6.44. The Labute approximate surface area is 138 Å². The molecule has 1 aromatic carbocycles. The summed E-state index contributed by atoms with van der Waals surface area (Å²) in [6.07, 6.45) is 3.50. The lowest BCUT2D eigenvalue weighted by Gasteiger charge is -2.29. The molecule has 1 aliphatic rings. The lowest BCUT2D eigenvalue weighted by Crippen LogP contribution is -2.42. The number of aliphatic imine (C=N–C) groups is 1. The first kappa shape index (κ1) is 17.1. The van der Waals surface area contributed by atoms with E-state index < -0.39 is 0 Å². The Morgan fingerprint density at radius 2 is 1.91 bits per heavy atom. The summed E-state index contributed by atoms with van der Waals surface area (Å²) in [5.74, 6) is 1.65. The maximum absolute atomic E-state index is 5.89. The zero-order valence-corrected chi connectivity index (χ0v) is 14.4. The van der Waals surface area contributed by atoms with E-state index in [4.69, 9.17) is 11.6 Å². The van der Waals surface area contributed by atoms with Gasteiger partial charge in [-0.1, -0.05) is 23.7 Å². The fourth-order valence-corrected chi connectivity index (χ4v) is 2.83. The summed E-state index contributed by atoms with van der Waals surface area (Å²) in [5.41, 5.74) is 1.28. The van der Waals surface area contributed by atoms with Gasteiger partial charge >= 0.3 is 0 Å². The Hall–Kier alpha value is -1.26. The highest BCUT2D eigenvalue weighted by molar-refractivity contribution is 6.30. The third kappa shape index (κ3) is 5.85. The van der Waals surface area contributed by atoms with E-state index in [9.17, 15) is 0 Å².